The van der Waals surface area contributed by atoms with Crippen LogP contribution in [-0.4, -0.2) is 8.07 Å². The second-order valence-electron chi connectivity index (χ2n) is 3.50. The fourth-order valence-electron chi connectivity index (χ4n) is 1.03. The maximum absolute atomic E-state index is 4.00. The quantitative estimate of drug-likeness (QED) is 0.587. The minimum Gasteiger partial charge on any atom is -0.0654 e. The van der Waals surface area contributed by atoms with Gasteiger partial charge in [0, 0.05) is 0 Å². The second-order valence-corrected chi connectivity index (χ2v) is 8.35. The van der Waals surface area contributed by atoms with E-state index in [1.165, 1.54) is 5.19 Å². The molecule has 1 aromatic carbocycles. The summed E-state index contributed by atoms with van der Waals surface area (Å²) in [4.78, 5) is 0. The SMILES string of the molecule is [CH2]C[Si](C)(C)c1ccccc1. The Balaban J connectivity index is 2.93. The third-order valence-electron chi connectivity index (χ3n) is 2.18. The summed E-state index contributed by atoms with van der Waals surface area (Å²) in [7, 11) is -1.16. The van der Waals surface area contributed by atoms with Gasteiger partial charge in [-0.15, -0.1) is 0 Å². The van der Waals surface area contributed by atoms with Crippen molar-refractivity contribution in [3.63, 3.8) is 0 Å². The van der Waals surface area contributed by atoms with Crippen LogP contribution >= 0.6 is 0 Å². The molecule has 0 aliphatic rings. The lowest BCUT2D eigenvalue weighted by molar-refractivity contribution is 1.54. The van der Waals surface area contributed by atoms with Crippen LogP contribution in [0.2, 0.25) is 19.1 Å². The Labute approximate surface area is 70.3 Å². The minimum absolute atomic E-state index is 1.08. The predicted molar refractivity (Wildman–Crippen MR) is 53.7 cm³/mol. The number of hydrogen-bond acceptors (Lipinski definition) is 0. The zero-order chi connectivity index (χ0) is 8.32. The first-order valence-corrected chi connectivity index (χ1v) is 7.22. The van der Waals surface area contributed by atoms with Gasteiger partial charge in [-0.05, 0) is 0 Å². The normalized spacial score (nSPS) is 11.5. The fourth-order valence-corrected chi connectivity index (χ4v) is 2.42. The molecule has 0 saturated heterocycles. The molecule has 0 spiro atoms. The van der Waals surface area contributed by atoms with Crippen molar-refractivity contribution in [3.05, 3.63) is 37.3 Å². The summed E-state index contributed by atoms with van der Waals surface area (Å²) in [5.41, 5.74) is 0. The Hall–Kier alpha value is -0.563. The van der Waals surface area contributed by atoms with Crippen molar-refractivity contribution in [3.8, 4) is 0 Å². The van der Waals surface area contributed by atoms with E-state index in [-0.39, 0.29) is 0 Å². The molecule has 0 heterocycles. The van der Waals surface area contributed by atoms with Crippen molar-refractivity contribution in [2.75, 3.05) is 0 Å². The van der Waals surface area contributed by atoms with Gasteiger partial charge in [0.2, 0.25) is 0 Å². The van der Waals surface area contributed by atoms with E-state index in [0.717, 1.165) is 6.04 Å². The van der Waals surface area contributed by atoms with E-state index in [1.807, 2.05) is 0 Å². The van der Waals surface area contributed by atoms with Crippen LogP contribution < -0.4 is 5.19 Å². The summed E-state index contributed by atoms with van der Waals surface area (Å²) in [5, 5.41) is 1.51. The van der Waals surface area contributed by atoms with Crippen molar-refractivity contribution in [1.29, 1.82) is 0 Å². The first-order chi connectivity index (χ1) is 5.17. The molecule has 0 N–H and O–H groups in total. The van der Waals surface area contributed by atoms with E-state index in [1.54, 1.807) is 0 Å². The van der Waals surface area contributed by atoms with E-state index < -0.39 is 8.07 Å². The molecular weight excluding hydrogens is 148 g/mol. The standard InChI is InChI=1S/C10H15Si/c1-4-11(2,3)10-8-6-5-7-9-10/h5-9H,1,4H2,2-3H3. The fraction of sp³-hybridized carbons (Fsp3) is 0.300. The summed E-state index contributed by atoms with van der Waals surface area (Å²) >= 11 is 0. The monoisotopic (exact) mass is 163 g/mol. The Morgan fingerprint density at radius 1 is 1.18 bits per heavy atom. The highest BCUT2D eigenvalue weighted by atomic mass is 28.3. The molecule has 0 aliphatic carbocycles. The molecule has 0 fully saturated rings. The highest BCUT2D eigenvalue weighted by molar-refractivity contribution is 6.89. The number of rotatable bonds is 2. The van der Waals surface area contributed by atoms with Gasteiger partial charge in [-0.3, -0.25) is 0 Å². The maximum atomic E-state index is 4.00. The summed E-state index contributed by atoms with van der Waals surface area (Å²) in [6.07, 6.45) is 0. The van der Waals surface area contributed by atoms with E-state index in [2.05, 4.69) is 50.3 Å². The molecule has 0 bridgehead atoms. The van der Waals surface area contributed by atoms with E-state index in [0.29, 0.717) is 0 Å². The second kappa shape index (κ2) is 3.22. The molecule has 0 nitrogen and oxygen atoms in total. The summed E-state index contributed by atoms with van der Waals surface area (Å²) in [6.45, 7) is 8.71. The molecule has 1 radical (unpaired) electrons. The smallest absolute Gasteiger partial charge is 0.0654 e. The van der Waals surface area contributed by atoms with Gasteiger partial charge in [-0.2, -0.15) is 0 Å². The van der Waals surface area contributed by atoms with E-state index in [9.17, 15) is 0 Å². The summed E-state index contributed by atoms with van der Waals surface area (Å²) < 4.78 is 0. The van der Waals surface area contributed by atoms with Crippen LogP contribution in [0.3, 0.4) is 0 Å². The summed E-state index contributed by atoms with van der Waals surface area (Å²) in [5.74, 6) is 0. The Morgan fingerprint density at radius 3 is 2.18 bits per heavy atom. The molecule has 1 heteroatoms. The molecule has 0 saturated carbocycles. The van der Waals surface area contributed by atoms with Gasteiger partial charge in [0.25, 0.3) is 0 Å². The van der Waals surface area contributed by atoms with Crippen LogP contribution in [0.1, 0.15) is 0 Å². The maximum Gasteiger partial charge on any atom is 0.0806 e. The highest BCUT2D eigenvalue weighted by Crippen LogP contribution is 2.07. The van der Waals surface area contributed by atoms with Gasteiger partial charge < -0.3 is 0 Å². The number of hydrogen-bond donors (Lipinski definition) is 0. The van der Waals surface area contributed by atoms with Crippen molar-refractivity contribution in [1.82, 2.24) is 0 Å². The molecule has 11 heavy (non-hydrogen) atoms. The molecule has 1 aromatic rings. The third kappa shape index (κ3) is 1.93. The van der Waals surface area contributed by atoms with Gasteiger partial charge >= 0.3 is 0 Å². The van der Waals surface area contributed by atoms with Crippen molar-refractivity contribution < 1.29 is 0 Å². The highest BCUT2D eigenvalue weighted by Gasteiger charge is 2.19. The zero-order valence-electron chi connectivity index (χ0n) is 7.30. The Bertz CT molecular complexity index is 214. The number of benzene rings is 1. The average molecular weight is 163 g/mol. The summed E-state index contributed by atoms with van der Waals surface area (Å²) in [6, 6.07) is 11.8. The molecule has 0 amide bonds. The van der Waals surface area contributed by atoms with Gasteiger partial charge in [0.15, 0.2) is 0 Å². The Morgan fingerprint density at radius 2 is 1.73 bits per heavy atom. The molecule has 0 unspecified atom stereocenters. The molecule has 59 valence electrons. The first kappa shape index (κ1) is 8.53. The van der Waals surface area contributed by atoms with Crippen LogP contribution in [0, 0.1) is 6.92 Å². The lowest BCUT2D eigenvalue weighted by Crippen LogP contribution is -2.40. The average Bonchev–Trinajstić information content (AvgIpc) is 2.06. The molecule has 0 aromatic heterocycles. The lowest BCUT2D eigenvalue weighted by Gasteiger charge is -2.19. The van der Waals surface area contributed by atoms with Gasteiger partial charge in [0.05, 0.1) is 8.07 Å². The lowest BCUT2D eigenvalue weighted by atomic mass is 10.4. The minimum atomic E-state index is -1.16. The Kier molecular flexibility index (Phi) is 2.50. The van der Waals surface area contributed by atoms with Crippen LogP contribution in [0.5, 0.6) is 0 Å². The van der Waals surface area contributed by atoms with Crippen LogP contribution in [0.4, 0.5) is 0 Å². The van der Waals surface area contributed by atoms with Crippen LogP contribution in [-0.2, 0) is 0 Å². The van der Waals surface area contributed by atoms with Gasteiger partial charge in [-0.25, -0.2) is 0 Å². The van der Waals surface area contributed by atoms with E-state index >= 15 is 0 Å². The van der Waals surface area contributed by atoms with Crippen LogP contribution in [0.15, 0.2) is 30.3 Å². The molecule has 0 atom stereocenters. The van der Waals surface area contributed by atoms with E-state index in [4.69, 9.17) is 0 Å². The first-order valence-electron chi connectivity index (χ1n) is 4.01. The van der Waals surface area contributed by atoms with Gasteiger partial charge in [0.1, 0.15) is 0 Å². The largest absolute Gasteiger partial charge is 0.0806 e. The van der Waals surface area contributed by atoms with Crippen molar-refractivity contribution in [2.24, 2.45) is 0 Å². The van der Waals surface area contributed by atoms with Gasteiger partial charge in [-0.1, -0.05) is 61.6 Å². The predicted octanol–water partition coefficient (Wildman–Crippen LogP) is 2.44. The van der Waals surface area contributed by atoms with Crippen LogP contribution in [0.25, 0.3) is 0 Å². The topological polar surface area (TPSA) is 0 Å². The van der Waals surface area contributed by atoms with Crippen molar-refractivity contribution >= 4 is 13.3 Å². The third-order valence-corrected chi connectivity index (χ3v) is 5.33. The zero-order valence-corrected chi connectivity index (χ0v) is 8.30. The molecular formula is C10H15Si. The molecule has 0 aliphatic heterocycles. The van der Waals surface area contributed by atoms with Crippen molar-refractivity contribution in [2.45, 2.75) is 19.1 Å². The molecule has 1 rings (SSSR count).